The second kappa shape index (κ2) is 35.6. The number of carbonyl (C=O) groups excluding carboxylic acids is 3. The van der Waals surface area contributed by atoms with Crippen LogP contribution in [0.25, 0.3) is 33.1 Å². The van der Waals surface area contributed by atoms with Crippen molar-refractivity contribution in [1.29, 1.82) is 15.8 Å². The van der Waals surface area contributed by atoms with Crippen molar-refractivity contribution < 1.29 is 59.3 Å². The van der Waals surface area contributed by atoms with E-state index in [9.17, 15) is 45.1 Å². The maximum atomic E-state index is 14.8. The number of hydrogen-bond acceptors (Lipinski definition) is 21. The van der Waals surface area contributed by atoms with Crippen LogP contribution in [0.2, 0.25) is 5.02 Å². The molecule has 3 aliphatic rings. The van der Waals surface area contributed by atoms with Gasteiger partial charge in [-0.2, -0.15) is 29.0 Å². The Morgan fingerprint density at radius 3 is 0.982 bits per heavy atom. The topological polar surface area (TPSA) is 346 Å². The van der Waals surface area contributed by atoms with E-state index in [1.54, 1.807) is 85.3 Å². The van der Waals surface area contributed by atoms with Gasteiger partial charge in [0.05, 0.1) is 85.0 Å². The number of rotatable bonds is 15. The molecule has 0 spiro atoms. The number of halogens is 8. The molecule has 35 heteroatoms. The molecule has 27 nitrogen and oxygen atoms in total. The highest BCUT2D eigenvalue weighted by atomic mass is 35.5. The first-order valence-corrected chi connectivity index (χ1v) is 35.4. The summed E-state index contributed by atoms with van der Waals surface area (Å²) < 4.78 is 115. The van der Waals surface area contributed by atoms with Gasteiger partial charge >= 0.3 is 24.3 Å². The molecule has 576 valence electrons. The number of anilines is 9. The zero-order chi connectivity index (χ0) is 79.8. The molecular weight excluding hydrogens is 1510 g/mol. The number of hydrogen-bond donors (Lipinski definition) is 9. The lowest BCUT2D eigenvalue weighted by molar-refractivity contribution is -0.137. The smallest absolute Gasteiger partial charge is 0.417 e. The van der Waals surface area contributed by atoms with Gasteiger partial charge in [-0.05, 0) is 127 Å². The highest BCUT2D eigenvalue weighted by Gasteiger charge is 2.34. The van der Waals surface area contributed by atoms with Gasteiger partial charge in [-0.15, -0.1) is 0 Å². The molecule has 12 aromatic rings. The van der Waals surface area contributed by atoms with Crippen molar-refractivity contribution in [2.24, 2.45) is 0 Å². The molecule has 3 saturated heterocycles. The fraction of sp³-hybridized carbons (Fsp3) is 0.165. The van der Waals surface area contributed by atoms with E-state index < -0.39 is 58.7 Å². The molecule has 6 amide bonds. The standard InChI is InChI=1S/C27H21F4N7O2.C26H21ClFN7O2.C26H21F2N7O2/c28-21-12-18(36-26(39)35-17-2-1-16(14-32)20(11-17)27(29,30)31)3-6-24(21)40-19-4-5-22-23(13-19)37-25(15-34-22)38-9-7-33-8-10-38;2*27-20-11-17(2-1-16(20)14-29)32-26(36)33-18-3-6-24(21(28)12-18)37-19-4-5-22-23(13-19)34-25(15-31-22)35-9-7-30-8-10-35/h1-6,11-13,15,33H,7-10H2,(H2,35,36,39);2*1-6,11-13,15,30H,7-10H2,(H2,32,33,36). The first-order chi connectivity index (χ1) is 55.1. The molecule has 0 unspecified atom stereocenters. The minimum Gasteiger partial charge on any atom is -0.454 e. The largest absolute Gasteiger partial charge is 0.454 e. The van der Waals surface area contributed by atoms with Crippen LogP contribution in [-0.4, -0.2) is 127 Å². The van der Waals surface area contributed by atoms with E-state index in [-0.39, 0.29) is 56.3 Å². The Hall–Kier alpha value is -14.2. The molecule has 9 N–H and O–H groups in total. The lowest BCUT2D eigenvalue weighted by Crippen LogP contribution is -2.43. The summed E-state index contributed by atoms with van der Waals surface area (Å²) in [4.78, 5) is 70.7. The Bertz CT molecular complexity index is 5530. The van der Waals surface area contributed by atoms with Crippen molar-refractivity contribution in [1.82, 2.24) is 45.9 Å². The molecule has 3 aromatic heterocycles. The fourth-order valence-corrected chi connectivity index (χ4v) is 12.1. The van der Waals surface area contributed by atoms with Crippen LogP contribution in [-0.2, 0) is 6.18 Å². The van der Waals surface area contributed by atoms with Crippen LogP contribution < -0.4 is 76.8 Å². The molecule has 9 aromatic carbocycles. The lowest BCUT2D eigenvalue weighted by Gasteiger charge is -2.28. The third kappa shape index (κ3) is 20.0. The monoisotopic (exact) mass is 1570 g/mol. The Kier molecular flexibility index (Phi) is 24.3. The van der Waals surface area contributed by atoms with Gasteiger partial charge < -0.3 is 76.8 Å². The summed E-state index contributed by atoms with van der Waals surface area (Å²) in [6, 6.07) is 40.9. The molecule has 6 heterocycles. The maximum Gasteiger partial charge on any atom is 0.417 e. The van der Waals surface area contributed by atoms with Gasteiger partial charge in [0.1, 0.15) is 52.7 Å². The number of ether oxygens (including phenoxy) is 3. The third-order valence-corrected chi connectivity index (χ3v) is 17.8. The van der Waals surface area contributed by atoms with Gasteiger partial charge in [-0.25, -0.2) is 46.9 Å². The number of nitrogens with zero attached hydrogens (tertiary/aromatic N) is 12. The number of nitriles is 3. The molecule has 0 radical (unpaired) electrons. The number of benzene rings is 9. The molecule has 3 aliphatic heterocycles. The van der Waals surface area contributed by atoms with Gasteiger partial charge in [-0.3, -0.25) is 15.0 Å². The highest BCUT2D eigenvalue weighted by molar-refractivity contribution is 6.32. The second-order valence-corrected chi connectivity index (χ2v) is 25.7. The number of aromatic nitrogens is 6. The van der Waals surface area contributed by atoms with E-state index in [1.807, 2.05) is 6.07 Å². The van der Waals surface area contributed by atoms with Crippen LogP contribution in [0.3, 0.4) is 0 Å². The Labute approximate surface area is 649 Å². The van der Waals surface area contributed by atoms with Gasteiger partial charge in [-0.1, -0.05) is 11.6 Å². The van der Waals surface area contributed by atoms with Crippen molar-refractivity contribution in [3.8, 4) is 52.7 Å². The maximum absolute atomic E-state index is 14.8. The van der Waals surface area contributed by atoms with Crippen LogP contribution in [0.1, 0.15) is 22.3 Å². The summed E-state index contributed by atoms with van der Waals surface area (Å²) in [5.41, 5.74) is 3.10. The molecule has 0 saturated carbocycles. The number of piperazine rings is 3. The van der Waals surface area contributed by atoms with Crippen LogP contribution >= 0.6 is 11.6 Å². The predicted molar refractivity (Wildman–Crippen MR) is 415 cm³/mol. The number of alkyl halides is 3. The molecule has 0 atom stereocenters. The lowest BCUT2D eigenvalue weighted by atomic mass is 10.1. The van der Waals surface area contributed by atoms with Gasteiger partial charge in [0.25, 0.3) is 0 Å². The minimum atomic E-state index is -4.77. The zero-order valence-corrected chi connectivity index (χ0v) is 60.4. The van der Waals surface area contributed by atoms with Crippen LogP contribution in [0.5, 0.6) is 34.5 Å². The van der Waals surface area contributed by atoms with Gasteiger partial charge in [0.2, 0.25) is 0 Å². The van der Waals surface area contributed by atoms with Crippen molar-refractivity contribution in [3.05, 3.63) is 233 Å². The highest BCUT2D eigenvalue weighted by Crippen LogP contribution is 2.36. The average Bonchev–Trinajstić information content (AvgIpc) is 0.819. The summed E-state index contributed by atoms with van der Waals surface area (Å²) in [5, 5.41) is 51.4. The first-order valence-electron chi connectivity index (χ1n) is 35.0. The summed E-state index contributed by atoms with van der Waals surface area (Å²) in [5.74, 6) is 0.392. The number of urea groups is 3. The third-order valence-electron chi connectivity index (χ3n) is 17.5. The summed E-state index contributed by atoms with van der Waals surface area (Å²) in [7, 11) is 0. The number of carbonyl (C=O) groups is 3. The van der Waals surface area contributed by atoms with Crippen LogP contribution in [0, 0.1) is 57.3 Å². The average molecular weight is 1570 g/mol. The van der Waals surface area contributed by atoms with Crippen LogP contribution in [0.4, 0.5) is 96.7 Å². The SMILES string of the molecule is N#Cc1ccc(NC(=O)Nc2ccc(Oc3ccc4ncc(N5CCNCC5)nc4c3)c(F)c2)cc1C(F)(F)F.N#Cc1ccc(NC(=O)Nc2ccc(Oc3ccc4ncc(N5CCNCC5)nc4c3)c(F)c2)cc1Cl.N#Cc1ccc(NC(=O)Nc2ccc(Oc3ccc4ncc(N5CCNCC5)nc4c3)c(F)c2)cc1F. The Balaban J connectivity index is 0.000000149. The number of amides is 6. The van der Waals surface area contributed by atoms with Gasteiger partial charge in [0, 0.05) is 149 Å². The zero-order valence-electron chi connectivity index (χ0n) is 59.6. The Morgan fingerprint density at radius 1 is 0.377 bits per heavy atom. The van der Waals surface area contributed by atoms with Crippen molar-refractivity contribution in [2.45, 2.75) is 6.18 Å². The minimum absolute atomic E-state index is 0.00426. The van der Waals surface area contributed by atoms with Crippen molar-refractivity contribution >= 4 is 114 Å². The van der Waals surface area contributed by atoms with E-state index in [2.05, 4.69) is 87.5 Å². The van der Waals surface area contributed by atoms with E-state index in [1.165, 1.54) is 66.7 Å². The van der Waals surface area contributed by atoms with E-state index in [0.29, 0.717) is 67.7 Å². The number of fused-ring (bicyclic) bond motifs is 3. The van der Waals surface area contributed by atoms with Crippen molar-refractivity contribution in [3.63, 3.8) is 0 Å². The molecule has 0 aliphatic carbocycles. The fourth-order valence-electron chi connectivity index (χ4n) is 11.8. The van der Waals surface area contributed by atoms with E-state index in [4.69, 9.17) is 46.6 Å². The van der Waals surface area contributed by atoms with E-state index >= 15 is 0 Å². The summed E-state index contributed by atoms with van der Waals surface area (Å²) in [6.45, 7) is 10.2. The number of nitrogens with one attached hydrogen (secondary N) is 9. The normalized spacial score (nSPS) is 13.3. The second-order valence-electron chi connectivity index (χ2n) is 25.3. The van der Waals surface area contributed by atoms with Crippen LogP contribution in [0.15, 0.2) is 182 Å². The molecular formula is C79H63ClF7N21O6. The summed E-state index contributed by atoms with van der Waals surface area (Å²) in [6.07, 6.45) is 0.439. The first kappa shape index (κ1) is 77.9. The van der Waals surface area contributed by atoms with Crippen molar-refractivity contribution in [2.75, 3.05) is 125 Å². The molecule has 114 heavy (non-hydrogen) atoms. The molecule has 3 fully saturated rings. The molecule has 15 rings (SSSR count). The summed E-state index contributed by atoms with van der Waals surface area (Å²) >= 11 is 5.98. The van der Waals surface area contributed by atoms with E-state index in [0.717, 1.165) is 132 Å². The predicted octanol–water partition coefficient (Wildman–Crippen LogP) is 15.3. The quantitative estimate of drug-likeness (QED) is 0.0431. The van der Waals surface area contributed by atoms with Gasteiger partial charge in [0.15, 0.2) is 34.7 Å². The molecule has 0 bridgehead atoms. The Morgan fingerprint density at radius 2 is 0.675 bits per heavy atom.